The van der Waals surface area contributed by atoms with Gasteiger partial charge in [0.05, 0.1) is 10.7 Å². The van der Waals surface area contributed by atoms with Crippen molar-refractivity contribution in [2.24, 2.45) is 0 Å². The van der Waals surface area contributed by atoms with Gasteiger partial charge in [-0.05, 0) is 42.5 Å². The number of amides is 2. The van der Waals surface area contributed by atoms with Crippen molar-refractivity contribution in [1.29, 1.82) is 0 Å². The number of anilines is 3. The van der Waals surface area contributed by atoms with Crippen LogP contribution in [0.15, 0.2) is 42.5 Å². The third-order valence-electron chi connectivity index (χ3n) is 3.55. The maximum absolute atomic E-state index is 12.3. The second-order valence-corrected chi connectivity index (χ2v) is 6.53. The molecule has 0 fully saturated rings. The largest absolute Gasteiger partial charge is 0.378 e. The fourth-order valence-electron chi connectivity index (χ4n) is 2.25. The molecule has 0 saturated carbocycles. The summed E-state index contributed by atoms with van der Waals surface area (Å²) in [7, 11) is 3.88. The minimum Gasteiger partial charge on any atom is -0.378 e. The van der Waals surface area contributed by atoms with E-state index in [-0.39, 0.29) is 18.4 Å². The normalized spacial score (nSPS) is 10.3. The minimum atomic E-state index is -0.330. The molecule has 0 radical (unpaired) electrons. The first-order valence-electron chi connectivity index (χ1n) is 7.58. The van der Waals surface area contributed by atoms with E-state index in [4.69, 9.17) is 23.2 Å². The van der Waals surface area contributed by atoms with Crippen LogP contribution in [-0.2, 0) is 9.59 Å². The standard InChI is InChI=1S/C18H19Cl2N3O2/c1-12(24)23(17-10-13(19)4-9-16(17)20)11-18(25)21-14-5-7-15(8-6-14)22(2)3/h4-10H,11H2,1-3H3,(H,21,25). The third kappa shape index (κ3) is 5.11. The van der Waals surface area contributed by atoms with Crippen molar-refractivity contribution in [2.45, 2.75) is 6.92 Å². The summed E-state index contributed by atoms with van der Waals surface area (Å²) in [4.78, 5) is 27.5. The van der Waals surface area contributed by atoms with E-state index < -0.39 is 0 Å². The molecule has 2 aromatic carbocycles. The number of hydrogen-bond donors (Lipinski definition) is 1. The molecule has 1 N–H and O–H groups in total. The van der Waals surface area contributed by atoms with Crippen LogP contribution in [0.2, 0.25) is 10.0 Å². The quantitative estimate of drug-likeness (QED) is 0.852. The first-order valence-corrected chi connectivity index (χ1v) is 8.34. The number of halogens is 2. The molecule has 0 atom stereocenters. The number of nitrogens with one attached hydrogen (secondary N) is 1. The first kappa shape index (κ1) is 19.1. The Balaban J connectivity index is 2.13. The highest BCUT2D eigenvalue weighted by Gasteiger charge is 2.19. The summed E-state index contributed by atoms with van der Waals surface area (Å²) >= 11 is 12.1. The Morgan fingerprint density at radius 3 is 2.24 bits per heavy atom. The van der Waals surface area contributed by atoms with Gasteiger partial charge in [-0.3, -0.25) is 9.59 Å². The lowest BCUT2D eigenvalue weighted by Crippen LogP contribution is -2.36. The average Bonchev–Trinajstić information content (AvgIpc) is 2.55. The third-order valence-corrected chi connectivity index (χ3v) is 4.10. The molecule has 0 aliphatic heterocycles. The summed E-state index contributed by atoms with van der Waals surface area (Å²) in [5.74, 6) is -0.633. The highest BCUT2D eigenvalue weighted by atomic mass is 35.5. The fraction of sp³-hybridized carbons (Fsp3) is 0.222. The molecule has 0 bridgehead atoms. The van der Waals surface area contributed by atoms with E-state index >= 15 is 0 Å². The van der Waals surface area contributed by atoms with Gasteiger partial charge >= 0.3 is 0 Å². The number of benzene rings is 2. The molecule has 0 aliphatic rings. The lowest BCUT2D eigenvalue weighted by atomic mass is 10.2. The molecular formula is C18H19Cl2N3O2. The molecule has 2 amide bonds. The molecule has 0 heterocycles. The molecule has 25 heavy (non-hydrogen) atoms. The van der Waals surface area contributed by atoms with E-state index in [2.05, 4.69) is 5.32 Å². The maximum Gasteiger partial charge on any atom is 0.244 e. The van der Waals surface area contributed by atoms with E-state index in [0.717, 1.165) is 5.69 Å². The molecule has 7 heteroatoms. The zero-order chi connectivity index (χ0) is 18.6. The van der Waals surface area contributed by atoms with Crippen LogP contribution in [0.5, 0.6) is 0 Å². The number of rotatable bonds is 5. The Morgan fingerprint density at radius 2 is 1.68 bits per heavy atom. The predicted octanol–water partition coefficient (Wildman–Crippen LogP) is 4.05. The van der Waals surface area contributed by atoms with Gasteiger partial charge in [-0.2, -0.15) is 0 Å². The number of nitrogens with zero attached hydrogens (tertiary/aromatic N) is 2. The van der Waals surface area contributed by atoms with Gasteiger partial charge in [-0.25, -0.2) is 0 Å². The van der Waals surface area contributed by atoms with E-state index in [1.54, 1.807) is 30.3 Å². The molecule has 2 aromatic rings. The molecule has 0 saturated heterocycles. The molecule has 0 spiro atoms. The fourth-order valence-corrected chi connectivity index (χ4v) is 2.63. The van der Waals surface area contributed by atoms with Gasteiger partial charge in [-0.1, -0.05) is 23.2 Å². The summed E-state index contributed by atoms with van der Waals surface area (Å²) in [5.41, 5.74) is 2.07. The van der Waals surface area contributed by atoms with Gasteiger partial charge in [0.2, 0.25) is 11.8 Å². The van der Waals surface area contributed by atoms with Gasteiger partial charge in [0, 0.05) is 37.4 Å². The monoisotopic (exact) mass is 379 g/mol. The van der Waals surface area contributed by atoms with Crippen LogP contribution in [0.3, 0.4) is 0 Å². The number of hydrogen-bond acceptors (Lipinski definition) is 3. The lowest BCUT2D eigenvalue weighted by Gasteiger charge is -2.22. The highest BCUT2D eigenvalue weighted by molar-refractivity contribution is 6.35. The Hall–Kier alpha value is -2.24. The highest BCUT2D eigenvalue weighted by Crippen LogP contribution is 2.29. The predicted molar refractivity (Wildman–Crippen MR) is 104 cm³/mol. The second kappa shape index (κ2) is 8.23. The van der Waals surface area contributed by atoms with Gasteiger partial charge in [-0.15, -0.1) is 0 Å². The van der Waals surface area contributed by atoms with Crippen LogP contribution in [0.1, 0.15) is 6.92 Å². The molecule has 132 valence electrons. The Morgan fingerprint density at radius 1 is 1.04 bits per heavy atom. The molecule has 0 aromatic heterocycles. The summed E-state index contributed by atoms with van der Waals surface area (Å²) in [6.07, 6.45) is 0. The van der Waals surface area contributed by atoms with Gasteiger partial charge in [0.15, 0.2) is 0 Å². The Bertz CT molecular complexity index is 776. The van der Waals surface area contributed by atoms with Crippen molar-refractivity contribution in [3.8, 4) is 0 Å². The lowest BCUT2D eigenvalue weighted by molar-refractivity contribution is -0.120. The van der Waals surface area contributed by atoms with Crippen molar-refractivity contribution >= 4 is 52.1 Å². The second-order valence-electron chi connectivity index (χ2n) is 5.69. The van der Waals surface area contributed by atoms with E-state index in [9.17, 15) is 9.59 Å². The molecule has 0 aliphatic carbocycles. The Labute approximate surface area is 157 Å². The van der Waals surface area contributed by atoms with Crippen LogP contribution in [0.4, 0.5) is 17.1 Å². The molecule has 2 rings (SSSR count). The maximum atomic E-state index is 12.3. The molecule has 0 unspecified atom stereocenters. The van der Waals surface area contributed by atoms with E-state index in [1.807, 2.05) is 31.1 Å². The van der Waals surface area contributed by atoms with E-state index in [0.29, 0.717) is 21.4 Å². The molecular weight excluding hydrogens is 361 g/mol. The topological polar surface area (TPSA) is 52.7 Å². The van der Waals surface area contributed by atoms with Gasteiger partial charge in [0.1, 0.15) is 6.54 Å². The Kier molecular flexibility index (Phi) is 6.28. The van der Waals surface area contributed by atoms with Crippen LogP contribution in [-0.4, -0.2) is 32.5 Å². The summed E-state index contributed by atoms with van der Waals surface area (Å²) in [6.45, 7) is 1.21. The van der Waals surface area contributed by atoms with Crippen molar-refractivity contribution in [2.75, 3.05) is 35.8 Å². The smallest absolute Gasteiger partial charge is 0.244 e. The summed E-state index contributed by atoms with van der Waals surface area (Å²) in [5, 5.41) is 3.56. The zero-order valence-corrected chi connectivity index (χ0v) is 15.7. The van der Waals surface area contributed by atoms with Crippen molar-refractivity contribution in [3.05, 3.63) is 52.5 Å². The van der Waals surface area contributed by atoms with Crippen LogP contribution in [0.25, 0.3) is 0 Å². The van der Waals surface area contributed by atoms with Gasteiger partial charge in [0.25, 0.3) is 0 Å². The van der Waals surface area contributed by atoms with Crippen LogP contribution >= 0.6 is 23.2 Å². The number of carbonyl (C=O) groups excluding carboxylic acids is 2. The first-order chi connectivity index (χ1) is 11.8. The SMILES string of the molecule is CC(=O)N(CC(=O)Nc1ccc(N(C)C)cc1)c1cc(Cl)ccc1Cl. The van der Waals surface area contributed by atoms with Crippen molar-refractivity contribution in [3.63, 3.8) is 0 Å². The number of carbonyl (C=O) groups is 2. The summed E-state index contributed by atoms with van der Waals surface area (Å²) in [6, 6.07) is 12.2. The average molecular weight is 380 g/mol. The van der Waals surface area contributed by atoms with Crippen molar-refractivity contribution < 1.29 is 9.59 Å². The van der Waals surface area contributed by atoms with E-state index in [1.165, 1.54) is 11.8 Å². The van der Waals surface area contributed by atoms with Gasteiger partial charge < -0.3 is 15.1 Å². The molecule has 5 nitrogen and oxygen atoms in total. The zero-order valence-electron chi connectivity index (χ0n) is 14.2. The summed E-state index contributed by atoms with van der Waals surface area (Å²) < 4.78 is 0. The minimum absolute atomic E-state index is 0.162. The van der Waals surface area contributed by atoms with Crippen LogP contribution < -0.4 is 15.1 Å². The van der Waals surface area contributed by atoms with Crippen molar-refractivity contribution in [1.82, 2.24) is 0 Å². The van der Waals surface area contributed by atoms with Crippen LogP contribution in [0, 0.1) is 0 Å².